The van der Waals surface area contributed by atoms with Crippen molar-refractivity contribution in [2.75, 3.05) is 9.80 Å². The van der Waals surface area contributed by atoms with E-state index in [2.05, 4.69) is 242 Å². The van der Waals surface area contributed by atoms with Crippen LogP contribution in [0.3, 0.4) is 0 Å². The van der Waals surface area contributed by atoms with Crippen LogP contribution >= 0.6 is 0 Å². The first-order valence-electron chi connectivity index (χ1n) is 22.0. The summed E-state index contributed by atoms with van der Waals surface area (Å²) in [5.41, 5.74) is 10.5. The summed E-state index contributed by atoms with van der Waals surface area (Å²) >= 11 is 0. The molecular weight excluding hydrogens is 964 g/mol. The van der Waals surface area contributed by atoms with E-state index < -0.39 is 0 Å². The van der Waals surface area contributed by atoms with Crippen molar-refractivity contribution in [2.24, 2.45) is 0 Å². The summed E-state index contributed by atoms with van der Waals surface area (Å²) in [6.45, 7) is 24.9. The summed E-state index contributed by atoms with van der Waals surface area (Å²) in [4.78, 5) is 9.50. The Bertz CT molecular complexity index is 2990. The minimum atomic E-state index is -0.309. The van der Waals surface area contributed by atoms with Crippen molar-refractivity contribution in [3.63, 3.8) is 0 Å². The normalized spacial score (nSPS) is 13.6. The van der Waals surface area contributed by atoms with E-state index in [0.29, 0.717) is 11.5 Å². The third-order valence-electron chi connectivity index (χ3n) is 12.8. The van der Waals surface area contributed by atoms with E-state index in [1.165, 1.54) is 27.8 Å². The Morgan fingerprint density at radius 3 is 1.89 bits per heavy atom. The number of fused-ring (bicyclic) bond motifs is 3. The number of para-hydroxylation sites is 1. The van der Waals surface area contributed by atoms with E-state index in [1.807, 2.05) is 18.3 Å². The number of pyridine rings is 1. The van der Waals surface area contributed by atoms with Gasteiger partial charge in [-0.05, 0) is 75.0 Å². The zero-order chi connectivity index (χ0) is 44.3. The maximum absolute atomic E-state index is 6.85. The fraction of sp³-hybridized carbons (Fsp3) is 0.241. The van der Waals surface area contributed by atoms with Crippen molar-refractivity contribution in [2.45, 2.75) is 90.9 Å². The third kappa shape index (κ3) is 8.32. The zero-order valence-electron chi connectivity index (χ0n) is 38.6. The molecule has 1 aliphatic heterocycles. The molecule has 64 heavy (non-hydrogen) atoms. The van der Waals surface area contributed by atoms with E-state index >= 15 is 0 Å². The third-order valence-corrected chi connectivity index (χ3v) is 12.8. The Kier molecular flexibility index (Phi) is 11.8. The monoisotopic (exact) mass is 1020 g/mol. The molecule has 0 spiro atoms. The number of hydrogen-bond acceptors (Lipinski definition) is 4. The van der Waals surface area contributed by atoms with E-state index in [0.717, 1.165) is 44.7 Å². The molecule has 2 aromatic heterocycles. The second kappa shape index (κ2) is 16.9. The van der Waals surface area contributed by atoms with Gasteiger partial charge in [0, 0.05) is 66.5 Å². The summed E-state index contributed by atoms with van der Waals surface area (Å²) in [6.07, 6.45) is 4.17. The Morgan fingerprint density at radius 1 is 0.562 bits per heavy atom. The number of hydrogen-bond donors (Lipinski definition) is 0. The van der Waals surface area contributed by atoms with Gasteiger partial charge in [-0.1, -0.05) is 171 Å². The molecule has 8 aromatic rings. The molecule has 0 amide bonds. The second-order valence-electron chi connectivity index (χ2n) is 20.0. The maximum Gasteiger partial charge on any atom is 0.135 e. The Hall–Kier alpha value is -5.90. The molecule has 328 valence electrons. The van der Waals surface area contributed by atoms with Crippen LogP contribution < -0.4 is 14.5 Å². The van der Waals surface area contributed by atoms with Crippen molar-refractivity contribution in [1.82, 2.24) is 9.55 Å². The summed E-state index contributed by atoms with van der Waals surface area (Å²) in [5.74, 6) is 2.07. The van der Waals surface area contributed by atoms with Gasteiger partial charge < -0.3 is 19.1 Å². The molecule has 0 unspecified atom stereocenters. The van der Waals surface area contributed by atoms with Gasteiger partial charge in [-0.2, -0.15) is 6.07 Å². The van der Waals surface area contributed by atoms with Gasteiger partial charge in [-0.25, -0.2) is 4.98 Å². The average Bonchev–Trinajstić information content (AvgIpc) is 3.88. The van der Waals surface area contributed by atoms with Gasteiger partial charge in [-0.3, -0.25) is 0 Å². The largest absolute Gasteiger partial charge is 0.509 e. The van der Waals surface area contributed by atoms with Gasteiger partial charge in [0.15, 0.2) is 0 Å². The molecule has 0 bridgehead atoms. The standard InChI is InChI=1S/C58H57N4O.Pt/c1-55(2,3)42-25-19-27-45(33-42)61-39-60(38-52(61)58(9,10)41-23-15-12-16-24-41)44-26-20-28-46(35-44)63-47-36-49(56(4,5)6)54-48-29-17-18-30-50(48)62(51(54)37-47)53-34-43(31-32-59-53)57(7,8)40-21-13-11-14-22-40;/h11-34,36,38-39H,1-10H3;/q-3;. The van der Waals surface area contributed by atoms with Gasteiger partial charge >= 0.3 is 0 Å². The number of rotatable bonds is 9. The van der Waals surface area contributed by atoms with Gasteiger partial charge in [-0.15, -0.1) is 48.3 Å². The molecule has 3 heterocycles. The van der Waals surface area contributed by atoms with E-state index in [-0.39, 0.29) is 42.7 Å². The molecule has 0 saturated carbocycles. The van der Waals surface area contributed by atoms with Gasteiger partial charge in [0.05, 0.1) is 0 Å². The predicted molar refractivity (Wildman–Crippen MR) is 262 cm³/mol. The van der Waals surface area contributed by atoms with E-state index in [4.69, 9.17) is 9.72 Å². The van der Waals surface area contributed by atoms with E-state index in [1.54, 1.807) is 0 Å². The maximum atomic E-state index is 6.85. The minimum absolute atomic E-state index is 0. The van der Waals surface area contributed by atoms with Crippen LogP contribution in [-0.4, -0.2) is 9.55 Å². The summed E-state index contributed by atoms with van der Waals surface area (Å²) in [7, 11) is 0. The van der Waals surface area contributed by atoms with Crippen LogP contribution in [0, 0.1) is 18.8 Å². The number of benzene rings is 6. The molecule has 1 aliphatic rings. The molecule has 9 rings (SSSR count). The number of allylic oxidation sites excluding steroid dienone is 1. The van der Waals surface area contributed by atoms with Crippen LogP contribution in [0.4, 0.5) is 11.4 Å². The second-order valence-corrected chi connectivity index (χ2v) is 20.0. The van der Waals surface area contributed by atoms with Crippen LogP contribution in [0.5, 0.6) is 11.5 Å². The predicted octanol–water partition coefficient (Wildman–Crippen LogP) is 14.8. The first kappa shape index (κ1) is 44.7. The molecule has 6 heteroatoms. The zero-order valence-corrected chi connectivity index (χ0v) is 40.9. The van der Waals surface area contributed by atoms with Gasteiger partial charge in [0.25, 0.3) is 0 Å². The molecule has 0 saturated heterocycles. The number of nitrogens with zero attached hydrogens (tertiary/aromatic N) is 4. The molecular formula is C58H57N4OPt-3. The minimum Gasteiger partial charge on any atom is -0.509 e. The fourth-order valence-electron chi connectivity index (χ4n) is 8.93. The number of aromatic nitrogens is 2. The first-order valence-corrected chi connectivity index (χ1v) is 22.0. The van der Waals surface area contributed by atoms with Crippen LogP contribution in [0.25, 0.3) is 27.6 Å². The van der Waals surface area contributed by atoms with Crippen LogP contribution in [0.1, 0.15) is 97.1 Å². The molecule has 0 fully saturated rings. The Morgan fingerprint density at radius 2 is 1.20 bits per heavy atom. The number of ether oxygens (including phenoxy) is 1. The van der Waals surface area contributed by atoms with Gasteiger partial charge in [0.2, 0.25) is 0 Å². The molecule has 0 radical (unpaired) electrons. The molecule has 5 nitrogen and oxygen atoms in total. The van der Waals surface area contributed by atoms with Crippen molar-refractivity contribution >= 4 is 33.2 Å². The molecule has 0 atom stereocenters. The van der Waals surface area contributed by atoms with Gasteiger partial charge in [0.1, 0.15) is 5.82 Å². The topological polar surface area (TPSA) is 33.5 Å². The molecule has 6 aromatic carbocycles. The van der Waals surface area contributed by atoms with Crippen molar-refractivity contribution < 1.29 is 25.8 Å². The molecule has 0 N–H and O–H groups in total. The Balaban J connectivity index is 0.00000560. The summed E-state index contributed by atoms with van der Waals surface area (Å²) in [6, 6.07) is 58.9. The van der Waals surface area contributed by atoms with E-state index in [9.17, 15) is 0 Å². The molecule has 0 aliphatic carbocycles. The van der Waals surface area contributed by atoms with Crippen molar-refractivity contribution in [1.29, 1.82) is 0 Å². The van der Waals surface area contributed by atoms with Crippen molar-refractivity contribution in [3.05, 3.63) is 210 Å². The Labute approximate surface area is 394 Å². The fourth-order valence-corrected chi connectivity index (χ4v) is 8.93. The number of anilines is 2. The first-order chi connectivity index (χ1) is 30.0. The SMILES string of the molecule is CC(C)(C)c1cccc(N2[CH-]N(c3[c-]c(Oc4[c-]c5c(c(C(C)(C)C)c4)c4ccccc4n5-c4cc(C(C)(C)c5ccccc5)ccn4)ccc3)C=C2C(C)(C)c2ccccc2)c1.[Pt]. The smallest absolute Gasteiger partial charge is 0.135 e. The quantitative estimate of drug-likeness (QED) is 0.135. The summed E-state index contributed by atoms with van der Waals surface area (Å²) < 4.78 is 9.10. The average molecular weight is 1020 g/mol. The summed E-state index contributed by atoms with van der Waals surface area (Å²) in [5, 5.41) is 2.31. The van der Waals surface area contributed by atoms with Crippen LogP contribution in [0.2, 0.25) is 0 Å². The van der Waals surface area contributed by atoms with Crippen molar-refractivity contribution in [3.8, 4) is 17.3 Å². The van der Waals surface area contributed by atoms with Crippen LogP contribution in [0.15, 0.2) is 164 Å². The van der Waals surface area contributed by atoms with Crippen LogP contribution in [-0.2, 0) is 42.7 Å².